The van der Waals surface area contributed by atoms with Crippen molar-refractivity contribution in [2.45, 2.75) is 19.9 Å². The van der Waals surface area contributed by atoms with Gasteiger partial charge >= 0.3 is 0 Å². The van der Waals surface area contributed by atoms with Crippen LogP contribution < -0.4 is 10.1 Å². The van der Waals surface area contributed by atoms with E-state index in [1.807, 2.05) is 49.6 Å². The maximum Gasteiger partial charge on any atom is 0.244 e. The van der Waals surface area contributed by atoms with E-state index in [0.29, 0.717) is 0 Å². The van der Waals surface area contributed by atoms with Crippen molar-refractivity contribution in [3.8, 4) is 5.75 Å². The molecular formula is C17H18BrNO2S. The number of thiophene rings is 1. The fourth-order valence-electron chi connectivity index (χ4n) is 2.00. The average molecular weight is 380 g/mol. The number of methoxy groups -OCH3 is 1. The van der Waals surface area contributed by atoms with Gasteiger partial charge in [-0.3, -0.25) is 4.79 Å². The first-order chi connectivity index (χ1) is 10.5. The Bertz CT molecular complexity index is 694. The van der Waals surface area contributed by atoms with Crippen molar-refractivity contribution in [3.05, 3.63) is 56.2 Å². The Morgan fingerprint density at radius 1 is 1.41 bits per heavy atom. The van der Waals surface area contributed by atoms with E-state index < -0.39 is 0 Å². The first kappa shape index (κ1) is 16.8. The Morgan fingerprint density at radius 2 is 2.18 bits per heavy atom. The summed E-state index contributed by atoms with van der Waals surface area (Å²) in [7, 11) is 1.63. The minimum atomic E-state index is -0.104. The minimum absolute atomic E-state index is 0.0798. The molecule has 22 heavy (non-hydrogen) atoms. The standard InChI is InChI=1S/C17H18BrNO2S/c1-11-8-9-22-16(11)6-7-17(20)19-12(2)13-4-5-15(21-3)14(18)10-13/h4-10,12H,1-3H3,(H,19,20)/b7-6+/t12-/m1/s1. The molecule has 0 saturated heterocycles. The summed E-state index contributed by atoms with van der Waals surface area (Å²) in [5.74, 6) is 0.669. The molecule has 116 valence electrons. The van der Waals surface area contributed by atoms with Crippen LogP contribution >= 0.6 is 27.3 Å². The molecule has 0 aliphatic carbocycles. The predicted octanol–water partition coefficient (Wildman–Crippen LogP) is 4.72. The van der Waals surface area contributed by atoms with E-state index in [0.717, 1.165) is 20.7 Å². The molecule has 0 spiro atoms. The molecule has 3 nitrogen and oxygen atoms in total. The van der Waals surface area contributed by atoms with Gasteiger partial charge in [0, 0.05) is 11.0 Å². The van der Waals surface area contributed by atoms with Crippen molar-refractivity contribution < 1.29 is 9.53 Å². The molecule has 1 amide bonds. The SMILES string of the molecule is COc1ccc([C@@H](C)NC(=O)/C=C/c2sccc2C)cc1Br. The molecule has 2 rings (SSSR count). The van der Waals surface area contributed by atoms with Crippen LogP contribution in [0.4, 0.5) is 0 Å². The zero-order valence-corrected chi connectivity index (χ0v) is 15.1. The minimum Gasteiger partial charge on any atom is -0.496 e. The molecule has 2 aromatic rings. The van der Waals surface area contributed by atoms with Gasteiger partial charge in [-0.2, -0.15) is 0 Å². The number of halogens is 1. The molecule has 0 fully saturated rings. The van der Waals surface area contributed by atoms with Crippen molar-refractivity contribution in [3.63, 3.8) is 0 Å². The van der Waals surface area contributed by atoms with E-state index in [1.54, 1.807) is 24.5 Å². The lowest BCUT2D eigenvalue weighted by atomic mass is 10.1. The Labute approximate surface area is 143 Å². The molecule has 1 atom stereocenters. The Kier molecular flexibility index (Phi) is 5.80. The Hall–Kier alpha value is -1.59. The van der Waals surface area contributed by atoms with Crippen LogP contribution in [0.25, 0.3) is 6.08 Å². The van der Waals surface area contributed by atoms with Crippen LogP contribution in [0.5, 0.6) is 5.75 Å². The number of carbonyl (C=O) groups is 1. The van der Waals surface area contributed by atoms with Gasteiger partial charge in [0.25, 0.3) is 0 Å². The van der Waals surface area contributed by atoms with Crippen molar-refractivity contribution in [1.82, 2.24) is 5.32 Å². The lowest BCUT2D eigenvalue weighted by Crippen LogP contribution is -2.24. The molecule has 5 heteroatoms. The van der Waals surface area contributed by atoms with Crippen molar-refractivity contribution in [2.24, 2.45) is 0 Å². The van der Waals surface area contributed by atoms with E-state index >= 15 is 0 Å². The molecule has 1 aromatic carbocycles. The smallest absolute Gasteiger partial charge is 0.244 e. The summed E-state index contributed by atoms with van der Waals surface area (Å²) in [5, 5.41) is 4.98. The highest BCUT2D eigenvalue weighted by Gasteiger charge is 2.10. The molecule has 0 bridgehead atoms. The van der Waals surface area contributed by atoms with Gasteiger partial charge in [-0.15, -0.1) is 11.3 Å². The van der Waals surface area contributed by atoms with Crippen LogP contribution in [-0.4, -0.2) is 13.0 Å². The molecule has 0 aliphatic rings. The van der Waals surface area contributed by atoms with E-state index in [9.17, 15) is 4.79 Å². The second-order valence-electron chi connectivity index (χ2n) is 4.93. The highest BCUT2D eigenvalue weighted by molar-refractivity contribution is 9.10. The number of rotatable bonds is 5. The van der Waals surface area contributed by atoms with Gasteiger partial charge in [0.05, 0.1) is 17.6 Å². The zero-order chi connectivity index (χ0) is 16.1. The normalized spacial score (nSPS) is 12.4. The monoisotopic (exact) mass is 379 g/mol. The quantitative estimate of drug-likeness (QED) is 0.763. The Balaban J connectivity index is 2.00. The first-order valence-corrected chi connectivity index (χ1v) is 8.54. The first-order valence-electron chi connectivity index (χ1n) is 6.87. The van der Waals surface area contributed by atoms with Gasteiger partial charge in [-0.1, -0.05) is 6.07 Å². The number of amides is 1. The Morgan fingerprint density at radius 3 is 2.77 bits per heavy atom. The summed E-state index contributed by atoms with van der Waals surface area (Å²) in [6, 6.07) is 7.74. The van der Waals surface area contributed by atoms with Crippen LogP contribution in [0.15, 0.2) is 40.2 Å². The number of aryl methyl sites for hydroxylation is 1. The van der Waals surface area contributed by atoms with Crippen LogP contribution in [0.3, 0.4) is 0 Å². The third-order valence-electron chi connectivity index (χ3n) is 3.32. The van der Waals surface area contributed by atoms with Crippen LogP contribution in [0.1, 0.15) is 29.0 Å². The van der Waals surface area contributed by atoms with Gasteiger partial charge in [0.1, 0.15) is 5.75 Å². The van der Waals surface area contributed by atoms with Gasteiger partial charge < -0.3 is 10.1 Å². The summed E-state index contributed by atoms with van der Waals surface area (Å²) in [5.41, 5.74) is 2.20. The van der Waals surface area contributed by atoms with Crippen LogP contribution in [0.2, 0.25) is 0 Å². The van der Waals surface area contributed by atoms with E-state index in [4.69, 9.17) is 4.74 Å². The summed E-state index contributed by atoms with van der Waals surface area (Å²) in [6.07, 6.45) is 3.43. The molecule has 0 unspecified atom stereocenters. The zero-order valence-electron chi connectivity index (χ0n) is 12.7. The topological polar surface area (TPSA) is 38.3 Å². The maximum absolute atomic E-state index is 12.0. The number of carbonyl (C=O) groups excluding carboxylic acids is 1. The predicted molar refractivity (Wildman–Crippen MR) is 95.3 cm³/mol. The van der Waals surface area contributed by atoms with E-state index in [-0.39, 0.29) is 11.9 Å². The van der Waals surface area contributed by atoms with Crippen LogP contribution in [-0.2, 0) is 4.79 Å². The molecular weight excluding hydrogens is 362 g/mol. The summed E-state index contributed by atoms with van der Waals surface area (Å²) >= 11 is 5.08. The third kappa shape index (κ3) is 4.21. The average Bonchev–Trinajstić information content (AvgIpc) is 2.90. The third-order valence-corrected chi connectivity index (χ3v) is 4.93. The summed E-state index contributed by atoms with van der Waals surface area (Å²) < 4.78 is 6.08. The second-order valence-corrected chi connectivity index (χ2v) is 6.73. The summed E-state index contributed by atoms with van der Waals surface area (Å²) in [4.78, 5) is 13.1. The van der Waals surface area contributed by atoms with Gasteiger partial charge in [-0.25, -0.2) is 0 Å². The fourth-order valence-corrected chi connectivity index (χ4v) is 3.38. The van der Waals surface area contributed by atoms with Gasteiger partial charge in [0.2, 0.25) is 5.91 Å². The second kappa shape index (κ2) is 7.61. The van der Waals surface area contributed by atoms with Crippen LogP contribution in [0, 0.1) is 6.92 Å². The molecule has 0 radical (unpaired) electrons. The number of ether oxygens (including phenoxy) is 1. The van der Waals surface area contributed by atoms with Gasteiger partial charge in [-0.05, 0) is 70.6 Å². The van der Waals surface area contributed by atoms with E-state index in [1.165, 1.54) is 5.56 Å². The lowest BCUT2D eigenvalue weighted by Gasteiger charge is -2.14. The maximum atomic E-state index is 12.0. The molecule has 1 heterocycles. The number of hydrogen-bond donors (Lipinski definition) is 1. The molecule has 1 aromatic heterocycles. The number of nitrogens with one attached hydrogen (secondary N) is 1. The number of benzene rings is 1. The molecule has 0 saturated carbocycles. The van der Waals surface area contributed by atoms with E-state index in [2.05, 4.69) is 21.2 Å². The highest BCUT2D eigenvalue weighted by Crippen LogP contribution is 2.28. The number of hydrogen-bond acceptors (Lipinski definition) is 3. The summed E-state index contributed by atoms with van der Waals surface area (Å²) in [6.45, 7) is 3.99. The van der Waals surface area contributed by atoms with Crippen molar-refractivity contribution in [2.75, 3.05) is 7.11 Å². The molecule has 0 aliphatic heterocycles. The lowest BCUT2D eigenvalue weighted by molar-refractivity contribution is -0.117. The van der Waals surface area contributed by atoms with Gasteiger partial charge in [0.15, 0.2) is 0 Å². The van der Waals surface area contributed by atoms with Crippen molar-refractivity contribution >= 4 is 39.2 Å². The highest BCUT2D eigenvalue weighted by atomic mass is 79.9. The largest absolute Gasteiger partial charge is 0.496 e. The molecule has 1 N–H and O–H groups in total. The van der Waals surface area contributed by atoms with Crippen molar-refractivity contribution in [1.29, 1.82) is 0 Å². The fraction of sp³-hybridized carbons (Fsp3) is 0.235.